The first-order chi connectivity index (χ1) is 7.24. The van der Waals surface area contributed by atoms with Gasteiger partial charge in [0.15, 0.2) is 0 Å². The van der Waals surface area contributed by atoms with Crippen molar-refractivity contribution >= 4 is 11.4 Å². The zero-order chi connectivity index (χ0) is 10.8. The Morgan fingerprint density at radius 2 is 2.27 bits per heavy atom. The first kappa shape index (κ1) is 9.85. The first-order valence-electron chi connectivity index (χ1n) is 5.29. The second kappa shape index (κ2) is 3.82. The summed E-state index contributed by atoms with van der Waals surface area (Å²) in [6.07, 6.45) is 1.22. The van der Waals surface area contributed by atoms with Gasteiger partial charge in [0.05, 0.1) is 11.3 Å². The molecule has 0 aliphatic carbocycles. The van der Waals surface area contributed by atoms with E-state index in [1.165, 1.54) is 6.42 Å². The summed E-state index contributed by atoms with van der Waals surface area (Å²) in [5.41, 5.74) is 8.01. The molecule has 15 heavy (non-hydrogen) atoms. The molecule has 0 amide bonds. The van der Waals surface area contributed by atoms with E-state index in [9.17, 15) is 0 Å². The molecule has 0 unspecified atom stereocenters. The van der Waals surface area contributed by atoms with Gasteiger partial charge in [0.1, 0.15) is 6.07 Å². The first-order valence-corrected chi connectivity index (χ1v) is 5.29. The average Bonchev–Trinajstić information content (AvgIpc) is 2.18. The quantitative estimate of drug-likeness (QED) is 0.744. The lowest BCUT2D eigenvalue weighted by molar-refractivity contribution is 0.398. The Hall–Kier alpha value is -1.69. The highest BCUT2D eigenvalue weighted by Gasteiger charge is 2.26. The van der Waals surface area contributed by atoms with Crippen molar-refractivity contribution in [2.24, 2.45) is 5.92 Å². The van der Waals surface area contributed by atoms with E-state index in [1.54, 1.807) is 6.07 Å². The van der Waals surface area contributed by atoms with Crippen LogP contribution in [-0.4, -0.2) is 13.1 Å². The molecular weight excluding hydrogens is 186 g/mol. The molecule has 1 aliphatic heterocycles. The van der Waals surface area contributed by atoms with Crippen molar-refractivity contribution in [3.63, 3.8) is 0 Å². The van der Waals surface area contributed by atoms with Crippen LogP contribution in [0.4, 0.5) is 11.4 Å². The van der Waals surface area contributed by atoms with E-state index in [0.29, 0.717) is 11.3 Å². The highest BCUT2D eigenvalue weighted by molar-refractivity contribution is 5.65. The van der Waals surface area contributed by atoms with Gasteiger partial charge in [-0.2, -0.15) is 5.26 Å². The number of anilines is 2. The Morgan fingerprint density at radius 3 is 2.87 bits per heavy atom. The highest BCUT2D eigenvalue weighted by atomic mass is 15.2. The molecule has 0 atom stereocenters. The lowest BCUT2D eigenvalue weighted by Crippen LogP contribution is -2.46. The van der Waals surface area contributed by atoms with E-state index >= 15 is 0 Å². The van der Waals surface area contributed by atoms with Crippen LogP contribution in [0.5, 0.6) is 0 Å². The maximum Gasteiger partial charge on any atom is 0.101 e. The lowest BCUT2D eigenvalue weighted by Gasteiger charge is -2.41. The molecule has 1 saturated heterocycles. The molecule has 1 heterocycles. The SMILES string of the molecule is CCC1CN(c2ccc(N)cc2C#N)C1. The second-order valence-corrected chi connectivity index (χ2v) is 4.07. The maximum absolute atomic E-state index is 9.00. The summed E-state index contributed by atoms with van der Waals surface area (Å²) < 4.78 is 0. The number of nitrogen functional groups attached to an aromatic ring is 1. The minimum Gasteiger partial charge on any atom is -0.399 e. The van der Waals surface area contributed by atoms with Gasteiger partial charge in [-0.05, 0) is 30.5 Å². The van der Waals surface area contributed by atoms with Crippen molar-refractivity contribution in [3.05, 3.63) is 23.8 Å². The summed E-state index contributed by atoms with van der Waals surface area (Å²) in [7, 11) is 0. The van der Waals surface area contributed by atoms with Crippen LogP contribution >= 0.6 is 0 Å². The fourth-order valence-corrected chi connectivity index (χ4v) is 1.94. The third-order valence-corrected chi connectivity index (χ3v) is 3.02. The van der Waals surface area contributed by atoms with Crippen LogP contribution in [0.1, 0.15) is 18.9 Å². The van der Waals surface area contributed by atoms with Crippen molar-refractivity contribution in [2.75, 3.05) is 23.7 Å². The van der Waals surface area contributed by atoms with E-state index < -0.39 is 0 Å². The van der Waals surface area contributed by atoms with Gasteiger partial charge in [0.2, 0.25) is 0 Å². The van der Waals surface area contributed by atoms with Crippen molar-refractivity contribution in [1.29, 1.82) is 5.26 Å². The molecule has 0 aromatic heterocycles. The van der Waals surface area contributed by atoms with Gasteiger partial charge >= 0.3 is 0 Å². The highest BCUT2D eigenvalue weighted by Crippen LogP contribution is 2.30. The molecule has 1 aromatic carbocycles. The van der Waals surface area contributed by atoms with Crippen LogP contribution < -0.4 is 10.6 Å². The largest absolute Gasteiger partial charge is 0.399 e. The number of benzene rings is 1. The topological polar surface area (TPSA) is 53.0 Å². The van der Waals surface area contributed by atoms with Crippen LogP contribution in [0, 0.1) is 17.2 Å². The molecule has 78 valence electrons. The van der Waals surface area contributed by atoms with Gasteiger partial charge in [-0.15, -0.1) is 0 Å². The molecule has 1 aromatic rings. The Kier molecular flexibility index (Phi) is 2.51. The zero-order valence-electron chi connectivity index (χ0n) is 8.90. The minimum absolute atomic E-state index is 0.655. The minimum atomic E-state index is 0.655. The molecule has 2 N–H and O–H groups in total. The van der Waals surface area contributed by atoms with Crippen LogP contribution in [0.15, 0.2) is 18.2 Å². The van der Waals surface area contributed by atoms with Gasteiger partial charge in [0.25, 0.3) is 0 Å². The smallest absolute Gasteiger partial charge is 0.101 e. The standard InChI is InChI=1S/C12H15N3/c1-2-9-7-15(8-9)12-4-3-11(14)5-10(12)6-13/h3-5,9H,2,7-8,14H2,1H3. The van der Waals surface area contributed by atoms with E-state index in [4.69, 9.17) is 11.0 Å². The van der Waals surface area contributed by atoms with Gasteiger partial charge in [-0.3, -0.25) is 0 Å². The lowest BCUT2D eigenvalue weighted by atomic mass is 9.95. The van der Waals surface area contributed by atoms with Gasteiger partial charge in [-0.25, -0.2) is 0 Å². The number of nitrogens with two attached hydrogens (primary N) is 1. The van der Waals surface area contributed by atoms with Gasteiger partial charge in [0, 0.05) is 18.8 Å². The van der Waals surface area contributed by atoms with E-state index in [1.807, 2.05) is 12.1 Å². The van der Waals surface area contributed by atoms with Crippen molar-refractivity contribution in [3.8, 4) is 6.07 Å². The molecular formula is C12H15N3. The Bertz CT molecular complexity index is 400. The van der Waals surface area contributed by atoms with Gasteiger partial charge in [-0.1, -0.05) is 6.92 Å². The molecule has 1 aliphatic rings. The summed E-state index contributed by atoms with van der Waals surface area (Å²) in [6.45, 7) is 4.33. The number of hydrogen-bond acceptors (Lipinski definition) is 3. The Morgan fingerprint density at radius 1 is 1.53 bits per heavy atom. The fourth-order valence-electron chi connectivity index (χ4n) is 1.94. The number of nitriles is 1. The van der Waals surface area contributed by atoms with Crippen LogP contribution in [0.2, 0.25) is 0 Å². The molecule has 0 saturated carbocycles. The molecule has 0 spiro atoms. The summed E-state index contributed by atoms with van der Waals surface area (Å²) in [5, 5.41) is 9.00. The van der Waals surface area contributed by atoms with Crippen molar-refractivity contribution < 1.29 is 0 Å². The average molecular weight is 201 g/mol. The third kappa shape index (κ3) is 1.75. The number of nitrogens with zero attached hydrogens (tertiary/aromatic N) is 2. The summed E-state index contributed by atoms with van der Waals surface area (Å²) in [5.74, 6) is 0.786. The Balaban J connectivity index is 2.20. The van der Waals surface area contributed by atoms with Crippen LogP contribution in [-0.2, 0) is 0 Å². The predicted octanol–water partition coefficient (Wildman–Crippen LogP) is 1.99. The number of rotatable bonds is 2. The summed E-state index contributed by atoms with van der Waals surface area (Å²) in [6, 6.07) is 7.74. The molecule has 3 heteroatoms. The van der Waals surface area contributed by atoms with Crippen LogP contribution in [0.25, 0.3) is 0 Å². The molecule has 0 bridgehead atoms. The van der Waals surface area contributed by atoms with E-state index in [0.717, 1.165) is 24.7 Å². The van der Waals surface area contributed by atoms with E-state index in [2.05, 4.69) is 17.9 Å². The molecule has 0 radical (unpaired) electrons. The normalized spacial score (nSPS) is 15.9. The molecule has 2 rings (SSSR count). The van der Waals surface area contributed by atoms with Crippen LogP contribution in [0.3, 0.4) is 0 Å². The van der Waals surface area contributed by atoms with Crippen molar-refractivity contribution in [2.45, 2.75) is 13.3 Å². The summed E-state index contributed by atoms with van der Waals surface area (Å²) >= 11 is 0. The monoisotopic (exact) mass is 201 g/mol. The zero-order valence-corrected chi connectivity index (χ0v) is 8.90. The Labute approximate surface area is 90.1 Å². The summed E-state index contributed by atoms with van der Waals surface area (Å²) in [4.78, 5) is 2.24. The fraction of sp³-hybridized carbons (Fsp3) is 0.417. The molecule has 1 fully saturated rings. The van der Waals surface area contributed by atoms with Gasteiger partial charge < -0.3 is 10.6 Å². The van der Waals surface area contributed by atoms with Crippen molar-refractivity contribution in [1.82, 2.24) is 0 Å². The number of hydrogen-bond donors (Lipinski definition) is 1. The third-order valence-electron chi connectivity index (χ3n) is 3.02. The van der Waals surface area contributed by atoms with E-state index in [-0.39, 0.29) is 0 Å². The molecule has 3 nitrogen and oxygen atoms in total. The second-order valence-electron chi connectivity index (χ2n) is 4.07. The predicted molar refractivity (Wildman–Crippen MR) is 61.6 cm³/mol. The maximum atomic E-state index is 9.00.